The van der Waals surface area contributed by atoms with Crippen molar-refractivity contribution < 1.29 is 23.0 Å². The summed E-state index contributed by atoms with van der Waals surface area (Å²) in [6.45, 7) is 1.09. The lowest BCUT2D eigenvalue weighted by molar-refractivity contribution is -0.175. The van der Waals surface area contributed by atoms with E-state index in [2.05, 4.69) is 14.8 Å². The number of hydrogen-bond acceptors (Lipinski definition) is 4. The Kier molecular flexibility index (Phi) is 5.54. The minimum absolute atomic E-state index is 0.132. The van der Waals surface area contributed by atoms with Crippen molar-refractivity contribution in [2.24, 2.45) is 0 Å². The summed E-state index contributed by atoms with van der Waals surface area (Å²) in [5.74, 6) is 0.612. The first-order valence-electron chi connectivity index (χ1n) is 5.61. The van der Waals surface area contributed by atoms with Gasteiger partial charge in [0.2, 0.25) is 0 Å². The number of hydrogen-bond donors (Lipinski definition) is 1. The molecule has 0 bridgehead atoms. The van der Waals surface area contributed by atoms with Crippen LogP contribution in [0.4, 0.5) is 13.2 Å². The third kappa shape index (κ3) is 5.46. The molecule has 0 saturated carbocycles. The van der Waals surface area contributed by atoms with Crippen LogP contribution in [0.1, 0.15) is 19.2 Å². The van der Waals surface area contributed by atoms with Gasteiger partial charge in [-0.15, -0.1) is 0 Å². The van der Waals surface area contributed by atoms with Crippen molar-refractivity contribution in [1.29, 1.82) is 0 Å². The lowest BCUT2D eigenvalue weighted by Gasteiger charge is -2.12. The quantitative estimate of drug-likeness (QED) is 0.753. The molecular formula is C10H16F3N3O2. The van der Waals surface area contributed by atoms with Crippen LogP contribution >= 0.6 is 0 Å². The standard InChI is InChI=1S/C10H16F3N3O2/c1-2-16-9(14-7-15-16)5-8(17)3-4-18-6-10(11,12)13/h7-8,17H,2-6H2,1H3. The zero-order valence-electron chi connectivity index (χ0n) is 10.0. The normalized spacial score (nSPS) is 13.8. The maximum absolute atomic E-state index is 11.8. The van der Waals surface area contributed by atoms with E-state index in [4.69, 9.17) is 0 Å². The van der Waals surface area contributed by atoms with Gasteiger partial charge in [-0.2, -0.15) is 18.3 Å². The molecule has 0 aliphatic heterocycles. The highest BCUT2D eigenvalue weighted by atomic mass is 19.4. The molecule has 0 aliphatic carbocycles. The van der Waals surface area contributed by atoms with Gasteiger partial charge >= 0.3 is 6.18 Å². The van der Waals surface area contributed by atoms with E-state index in [1.165, 1.54) is 6.33 Å². The first-order chi connectivity index (χ1) is 8.42. The van der Waals surface area contributed by atoms with Crippen molar-refractivity contribution in [3.8, 4) is 0 Å². The highest BCUT2D eigenvalue weighted by Gasteiger charge is 2.27. The minimum atomic E-state index is -4.33. The molecule has 0 amide bonds. The SMILES string of the molecule is CCn1ncnc1CC(O)CCOCC(F)(F)F. The van der Waals surface area contributed by atoms with Crippen molar-refractivity contribution >= 4 is 0 Å². The molecule has 5 nitrogen and oxygen atoms in total. The molecule has 18 heavy (non-hydrogen) atoms. The molecule has 0 radical (unpaired) electrons. The summed E-state index contributed by atoms with van der Waals surface area (Å²) in [5, 5.41) is 13.6. The molecule has 1 unspecified atom stereocenters. The maximum Gasteiger partial charge on any atom is 0.411 e. The summed E-state index contributed by atoms with van der Waals surface area (Å²) >= 11 is 0. The van der Waals surface area contributed by atoms with Crippen molar-refractivity contribution in [2.75, 3.05) is 13.2 Å². The van der Waals surface area contributed by atoms with Gasteiger partial charge in [-0.25, -0.2) is 4.98 Å². The average Bonchev–Trinajstić information content (AvgIpc) is 2.70. The van der Waals surface area contributed by atoms with Crippen LogP contribution in [0.5, 0.6) is 0 Å². The van der Waals surface area contributed by atoms with Gasteiger partial charge in [0, 0.05) is 19.6 Å². The molecule has 0 aromatic carbocycles. The first-order valence-corrected chi connectivity index (χ1v) is 5.61. The van der Waals surface area contributed by atoms with Crippen LogP contribution in [0.2, 0.25) is 0 Å². The molecular weight excluding hydrogens is 251 g/mol. The predicted molar refractivity (Wildman–Crippen MR) is 56.9 cm³/mol. The predicted octanol–water partition coefficient (Wildman–Crippen LogP) is 1.17. The van der Waals surface area contributed by atoms with E-state index in [-0.39, 0.29) is 19.4 Å². The molecule has 1 aromatic heterocycles. The van der Waals surface area contributed by atoms with Crippen LogP contribution in [0.25, 0.3) is 0 Å². The van der Waals surface area contributed by atoms with Gasteiger partial charge in [0.1, 0.15) is 18.8 Å². The van der Waals surface area contributed by atoms with Crippen LogP contribution in [0, 0.1) is 0 Å². The van der Waals surface area contributed by atoms with Gasteiger partial charge in [0.05, 0.1) is 6.10 Å². The van der Waals surface area contributed by atoms with Crippen LogP contribution in [-0.2, 0) is 17.7 Å². The fourth-order valence-electron chi connectivity index (χ4n) is 1.43. The fraction of sp³-hybridized carbons (Fsp3) is 0.800. The monoisotopic (exact) mass is 267 g/mol. The van der Waals surface area contributed by atoms with E-state index in [1.54, 1.807) is 4.68 Å². The molecule has 0 aliphatic rings. The number of aryl methyl sites for hydroxylation is 1. The molecule has 0 saturated heterocycles. The molecule has 1 atom stereocenters. The smallest absolute Gasteiger partial charge is 0.393 e. The highest BCUT2D eigenvalue weighted by Crippen LogP contribution is 2.14. The van der Waals surface area contributed by atoms with Crippen molar-refractivity contribution in [3.63, 3.8) is 0 Å². The molecule has 104 valence electrons. The summed E-state index contributed by atoms with van der Waals surface area (Å²) in [5.41, 5.74) is 0. The van der Waals surface area contributed by atoms with Crippen LogP contribution in [0.15, 0.2) is 6.33 Å². The lowest BCUT2D eigenvalue weighted by atomic mass is 10.2. The second-order valence-corrected chi connectivity index (χ2v) is 3.81. The summed E-state index contributed by atoms with van der Waals surface area (Å²) in [7, 11) is 0. The number of rotatable bonds is 7. The zero-order chi connectivity index (χ0) is 13.6. The summed E-state index contributed by atoms with van der Waals surface area (Å²) in [4.78, 5) is 3.97. The Balaban J connectivity index is 2.24. The Morgan fingerprint density at radius 1 is 1.50 bits per heavy atom. The largest absolute Gasteiger partial charge is 0.411 e. The topological polar surface area (TPSA) is 60.2 Å². The molecule has 1 N–H and O–H groups in total. The van der Waals surface area contributed by atoms with Gasteiger partial charge in [-0.05, 0) is 13.3 Å². The molecule has 1 aromatic rings. The summed E-state index contributed by atoms with van der Waals surface area (Å²) in [6, 6.07) is 0. The Bertz CT molecular complexity index is 354. The number of alkyl halides is 3. The second kappa shape index (κ2) is 6.69. The minimum Gasteiger partial charge on any atom is -0.393 e. The third-order valence-corrected chi connectivity index (χ3v) is 2.27. The van der Waals surface area contributed by atoms with E-state index in [1.807, 2.05) is 6.92 Å². The number of nitrogens with zero attached hydrogens (tertiary/aromatic N) is 3. The summed E-state index contributed by atoms with van der Waals surface area (Å²) in [6.07, 6.45) is -3.35. The van der Waals surface area contributed by atoms with Crippen molar-refractivity contribution in [3.05, 3.63) is 12.2 Å². The number of aliphatic hydroxyl groups excluding tert-OH is 1. The van der Waals surface area contributed by atoms with E-state index >= 15 is 0 Å². The molecule has 8 heteroatoms. The maximum atomic E-state index is 11.8. The Morgan fingerprint density at radius 2 is 2.22 bits per heavy atom. The second-order valence-electron chi connectivity index (χ2n) is 3.81. The van der Waals surface area contributed by atoms with Gasteiger partial charge in [-0.1, -0.05) is 0 Å². The molecule has 0 fully saturated rings. The van der Waals surface area contributed by atoms with Crippen LogP contribution in [0.3, 0.4) is 0 Å². The zero-order valence-corrected chi connectivity index (χ0v) is 10.0. The third-order valence-electron chi connectivity index (χ3n) is 2.27. The van der Waals surface area contributed by atoms with Gasteiger partial charge in [-0.3, -0.25) is 4.68 Å². The lowest BCUT2D eigenvalue weighted by Crippen LogP contribution is -2.21. The number of ether oxygens (including phenoxy) is 1. The molecule has 1 heterocycles. The average molecular weight is 267 g/mol. The number of aliphatic hydroxyl groups is 1. The summed E-state index contributed by atoms with van der Waals surface area (Å²) < 4.78 is 41.4. The van der Waals surface area contributed by atoms with Gasteiger partial charge in [0.25, 0.3) is 0 Å². The van der Waals surface area contributed by atoms with E-state index in [0.717, 1.165) is 0 Å². The van der Waals surface area contributed by atoms with Gasteiger partial charge < -0.3 is 9.84 Å². The Labute approximate surface area is 103 Å². The Morgan fingerprint density at radius 3 is 2.83 bits per heavy atom. The van der Waals surface area contributed by atoms with Crippen molar-refractivity contribution in [2.45, 2.75) is 38.6 Å². The Hall–Kier alpha value is -1.15. The molecule has 1 rings (SSSR count). The van der Waals surface area contributed by atoms with E-state index in [0.29, 0.717) is 12.4 Å². The number of aromatic nitrogens is 3. The fourth-order valence-corrected chi connectivity index (χ4v) is 1.43. The highest BCUT2D eigenvalue weighted by molar-refractivity contribution is 4.87. The van der Waals surface area contributed by atoms with E-state index in [9.17, 15) is 18.3 Å². The van der Waals surface area contributed by atoms with E-state index < -0.39 is 18.9 Å². The number of halogens is 3. The van der Waals surface area contributed by atoms with Crippen molar-refractivity contribution in [1.82, 2.24) is 14.8 Å². The van der Waals surface area contributed by atoms with Crippen LogP contribution < -0.4 is 0 Å². The van der Waals surface area contributed by atoms with Gasteiger partial charge in [0.15, 0.2) is 0 Å². The first kappa shape index (κ1) is 14.9. The van der Waals surface area contributed by atoms with Crippen LogP contribution in [-0.4, -0.2) is 45.4 Å². The molecule has 0 spiro atoms.